The van der Waals surface area contributed by atoms with Crippen LogP contribution in [-0.2, 0) is 5.41 Å². The molecule has 12 rings (SSSR count). The molecule has 0 amide bonds. The zero-order valence-corrected chi connectivity index (χ0v) is 30.2. The van der Waals surface area contributed by atoms with E-state index >= 15 is 0 Å². The van der Waals surface area contributed by atoms with E-state index in [1.165, 1.54) is 27.2 Å². The summed E-state index contributed by atoms with van der Waals surface area (Å²) in [6.07, 6.45) is 1.87. The van der Waals surface area contributed by atoms with E-state index in [0.29, 0.717) is 17.1 Å². The van der Waals surface area contributed by atoms with E-state index in [1.807, 2.05) is 18.3 Å². The molecule has 0 saturated heterocycles. The van der Waals surface area contributed by atoms with Gasteiger partial charge in [0.05, 0.1) is 33.2 Å². The lowest BCUT2D eigenvalue weighted by molar-refractivity contribution is 0.472. The molecule has 3 heterocycles. The maximum Gasteiger partial charge on any atom is 0.137 e. The molecular weight excluding hydrogens is 661 g/mol. The highest BCUT2D eigenvalue weighted by atomic mass is 16.5. The Kier molecular flexibility index (Phi) is 5.38. The number of para-hydroxylation sites is 3. The van der Waals surface area contributed by atoms with Crippen LogP contribution < -0.4 is 14.5 Å². The molecule has 54 heavy (non-hydrogen) atoms. The third-order valence-corrected chi connectivity index (χ3v) is 11.6. The van der Waals surface area contributed by atoms with Gasteiger partial charge in [0.15, 0.2) is 0 Å². The minimum absolute atomic E-state index is 0.0582. The fraction of sp³-hybridized carbons (Fsp3) is 0.163. The highest BCUT2D eigenvalue weighted by Gasteiger charge is 2.45. The van der Waals surface area contributed by atoms with E-state index in [0.717, 1.165) is 44.3 Å². The van der Waals surface area contributed by atoms with Crippen molar-refractivity contribution in [3.63, 3.8) is 0 Å². The van der Waals surface area contributed by atoms with Crippen molar-refractivity contribution < 1.29 is 13.0 Å². The van der Waals surface area contributed by atoms with E-state index in [9.17, 15) is 1.37 Å². The smallest absolute Gasteiger partial charge is 0.137 e. The van der Waals surface area contributed by atoms with Crippen molar-refractivity contribution in [3.05, 3.63) is 185 Å². The summed E-state index contributed by atoms with van der Waals surface area (Å²) in [5, 5.41) is 2.21. The van der Waals surface area contributed by atoms with Gasteiger partial charge in [-0.15, -0.1) is 0 Å². The van der Waals surface area contributed by atoms with Crippen LogP contribution in [0.2, 0.25) is 0 Å². The molecule has 2 aromatic heterocycles. The van der Waals surface area contributed by atoms with Crippen molar-refractivity contribution in [1.82, 2.24) is 9.55 Å². The first-order chi connectivity index (χ1) is 28.8. The number of hydrogen-bond acceptors (Lipinski definition) is 4. The predicted molar refractivity (Wildman–Crippen MR) is 220 cm³/mol. The van der Waals surface area contributed by atoms with Gasteiger partial charge in [-0.1, -0.05) is 106 Å². The molecule has 4 aliphatic rings. The Morgan fingerprint density at radius 1 is 0.722 bits per heavy atom. The van der Waals surface area contributed by atoms with Crippen molar-refractivity contribution in [2.75, 3.05) is 23.4 Å². The Morgan fingerprint density at radius 3 is 2.11 bits per heavy atom. The first-order valence-electron chi connectivity index (χ1n) is 21.5. The first kappa shape index (κ1) is 25.6. The molecule has 2 bridgehead atoms. The van der Waals surface area contributed by atoms with E-state index in [-0.39, 0.29) is 53.5 Å². The van der Waals surface area contributed by atoms with E-state index in [4.69, 9.17) is 16.6 Å². The SMILES string of the molecule is [2H]c1c(Oc2cc3c(c4c2C2c5ccccc5C4c4ccccc42)c2ccccc2n3-c2cc(C(C)(C)C)ccn2)cc(N2CN(C([2H])([2H])[2H])c3ccccc32)c([2H])c1[2H]. The van der Waals surface area contributed by atoms with Crippen molar-refractivity contribution >= 4 is 38.9 Å². The molecule has 0 spiro atoms. The molecule has 0 radical (unpaired) electrons. The molecule has 3 aliphatic carbocycles. The lowest BCUT2D eigenvalue weighted by Crippen LogP contribution is -2.28. The fourth-order valence-corrected chi connectivity index (χ4v) is 9.21. The topological polar surface area (TPSA) is 33.5 Å². The van der Waals surface area contributed by atoms with Gasteiger partial charge in [0.2, 0.25) is 0 Å². The zero-order chi connectivity index (χ0) is 41.4. The summed E-state index contributed by atoms with van der Waals surface area (Å²) >= 11 is 0. The second-order valence-electron chi connectivity index (χ2n) is 15.6. The molecule has 1 aliphatic heterocycles. The van der Waals surface area contributed by atoms with Gasteiger partial charge < -0.3 is 14.5 Å². The quantitative estimate of drug-likeness (QED) is 0.182. The van der Waals surface area contributed by atoms with Crippen LogP contribution in [-0.4, -0.2) is 23.2 Å². The van der Waals surface area contributed by atoms with Crippen molar-refractivity contribution in [2.45, 2.75) is 38.0 Å². The number of fused-ring (bicyclic) bond motifs is 4. The molecule has 0 unspecified atom stereocenters. The highest BCUT2D eigenvalue weighted by molar-refractivity contribution is 6.13. The molecule has 0 atom stereocenters. The van der Waals surface area contributed by atoms with Crippen LogP contribution in [0.4, 0.5) is 17.1 Å². The van der Waals surface area contributed by atoms with Crippen LogP contribution in [0.25, 0.3) is 27.6 Å². The standard InChI is InChI=1S/C49H40N4O/c1-49(2,3)30-24-25-50-43(26-30)53-38-21-10-9-20-37(38)46-41(53)28-42(54-32-15-13-14-31(27-32)52-29-51(4)39-22-11-12-23-40(39)52)47-44-33-16-5-7-18-35(33)45(48(46)47)36-19-8-6-17-34(36)44/h5-28,44-45H,29H2,1-4H3/i4D3,13D,14D,15D. The monoisotopic (exact) mass is 706 g/mol. The normalized spacial score (nSPS) is 18.6. The van der Waals surface area contributed by atoms with Gasteiger partial charge >= 0.3 is 0 Å². The number of rotatable bonds is 4. The van der Waals surface area contributed by atoms with Crippen LogP contribution in [0.3, 0.4) is 0 Å². The maximum absolute atomic E-state index is 9.26. The Bertz CT molecular complexity index is 3060. The van der Waals surface area contributed by atoms with E-state index in [1.54, 1.807) is 23.1 Å². The number of pyridine rings is 1. The summed E-state index contributed by atoms with van der Waals surface area (Å²) in [4.78, 5) is 8.02. The number of nitrogens with zero attached hydrogens (tertiary/aromatic N) is 4. The van der Waals surface area contributed by atoms with Gasteiger partial charge in [0.1, 0.15) is 17.3 Å². The van der Waals surface area contributed by atoms with Crippen molar-refractivity contribution in [1.29, 1.82) is 0 Å². The van der Waals surface area contributed by atoms with Crippen LogP contribution in [0.15, 0.2) is 146 Å². The summed E-state index contributed by atoms with van der Waals surface area (Å²) in [7, 11) is 0. The minimum Gasteiger partial charge on any atom is -0.457 e. The number of ether oxygens (including phenoxy) is 1. The third-order valence-electron chi connectivity index (χ3n) is 11.6. The number of aromatic nitrogens is 2. The number of anilines is 3. The van der Waals surface area contributed by atoms with E-state index < -0.39 is 6.98 Å². The first-order valence-corrected chi connectivity index (χ1v) is 18.5. The minimum atomic E-state index is -2.44. The number of hydrogen-bond donors (Lipinski definition) is 0. The Morgan fingerprint density at radius 2 is 1.39 bits per heavy atom. The van der Waals surface area contributed by atoms with Crippen LogP contribution in [0, 0.1) is 0 Å². The van der Waals surface area contributed by atoms with Crippen LogP contribution in [0.5, 0.6) is 11.5 Å². The predicted octanol–water partition coefficient (Wildman–Crippen LogP) is 11.8. The third kappa shape index (κ3) is 4.42. The molecule has 8 aromatic rings. The number of benzene rings is 6. The van der Waals surface area contributed by atoms with Crippen molar-refractivity contribution in [3.8, 4) is 17.3 Å². The van der Waals surface area contributed by atoms with Gasteiger partial charge in [0.25, 0.3) is 0 Å². The lowest BCUT2D eigenvalue weighted by Gasteiger charge is -2.43. The Balaban J connectivity index is 1.20. The second kappa shape index (κ2) is 11.3. The maximum atomic E-state index is 9.26. The largest absolute Gasteiger partial charge is 0.457 e. The Hall–Kier alpha value is -6.33. The second-order valence-corrected chi connectivity index (χ2v) is 15.6. The summed E-state index contributed by atoms with van der Waals surface area (Å²) < 4.78 is 61.6. The zero-order valence-electron chi connectivity index (χ0n) is 36.2. The van der Waals surface area contributed by atoms with Gasteiger partial charge in [-0.25, -0.2) is 4.98 Å². The molecule has 5 nitrogen and oxygen atoms in total. The molecule has 5 heteroatoms. The van der Waals surface area contributed by atoms with Gasteiger partial charge in [-0.05, 0) is 81.2 Å². The fourth-order valence-electron chi connectivity index (χ4n) is 9.21. The molecular formula is C49H40N4O. The van der Waals surface area contributed by atoms with Crippen LogP contribution >= 0.6 is 0 Å². The molecule has 262 valence electrons. The summed E-state index contributed by atoms with van der Waals surface area (Å²) in [6.45, 7) is 4.09. The Labute approximate surface area is 324 Å². The summed E-state index contributed by atoms with van der Waals surface area (Å²) in [6, 6.07) is 40.2. The van der Waals surface area contributed by atoms with Gasteiger partial charge in [0, 0.05) is 63.3 Å². The molecule has 6 aromatic carbocycles. The average Bonchev–Trinajstić information content (AvgIpc) is 3.80. The lowest BCUT2D eigenvalue weighted by atomic mass is 9.60. The van der Waals surface area contributed by atoms with E-state index in [2.05, 4.69) is 116 Å². The molecule has 0 saturated carbocycles. The van der Waals surface area contributed by atoms with Gasteiger partial charge in [-0.3, -0.25) is 4.57 Å². The molecule has 0 fully saturated rings. The summed E-state index contributed by atoms with van der Waals surface area (Å²) in [5.41, 5.74) is 11.4. The highest BCUT2D eigenvalue weighted by Crippen LogP contribution is 2.61. The molecule has 0 N–H and O–H groups in total. The average molecular weight is 707 g/mol. The van der Waals surface area contributed by atoms with Gasteiger partial charge in [-0.2, -0.15) is 0 Å². The van der Waals surface area contributed by atoms with Crippen LogP contribution in [0.1, 0.15) is 79.8 Å². The summed E-state index contributed by atoms with van der Waals surface area (Å²) in [5.74, 6) is 1.14. The van der Waals surface area contributed by atoms with Crippen molar-refractivity contribution in [2.24, 2.45) is 0 Å².